The molecule has 0 aliphatic rings. The van der Waals surface area contributed by atoms with Gasteiger partial charge in [-0.05, 0) is 27.0 Å². The zero-order chi connectivity index (χ0) is 11.3. The van der Waals surface area contributed by atoms with E-state index in [-0.39, 0.29) is 12.1 Å². The number of anilines is 1. The second-order valence-electron chi connectivity index (χ2n) is 3.43. The summed E-state index contributed by atoms with van der Waals surface area (Å²) in [6.07, 6.45) is 3.55. The van der Waals surface area contributed by atoms with Crippen LogP contribution in [0.2, 0.25) is 0 Å². The number of pyridine rings is 1. The molecule has 2 unspecified atom stereocenters. The van der Waals surface area contributed by atoms with Crippen molar-refractivity contribution in [1.29, 1.82) is 0 Å². The lowest BCUT2D eigenvalue weighted by Crippen LogP contribution is -2.30. The number of hydrogen-bond acceptors (Lipinski definition) is 4. The molecule has 1 heterocycles. The highest BCUT2D eigenvalue weighted by Crippen LogP contribution is 2.23. The fourth-order valence-corrected chi connectivity index (χ4v) is 1.68. The molecule has 0 aromatic carbocycles. The van der Waals surface area contributed by atoms with Crippen molar-refractivity contribution in [2.24, 2.45) is 0 Å². The molecular formula is C11H19N3O. The Balaban J connectivity index is 2.87. The molecule has 0 aliphatic carbocycles. The first-order valence-electron chi connectivity index (χ1n) is 5.19. The van der Waals surface area contributed by atoms with Crippen LogP contribution in [0.5, 0.6) is 0 Å². The maximum atomic E-state index is 5.90. The van der Waals surface area contributed by atoms with E-state index in [0.29, 0.717) is 6.61 Å². The Morgan fingerprint density at radius 2 is 2.33 bits per heavy atom. The average molecular weight is 209 g/mol. The average Bonchev–Trinajstić information content (AvgIpc) is 2.22. The molecule has 4 nitrogen and oxygen atoms in total. The quantitative estimate of drug-likeness (QED) is 0.768. The summed E-state index contributed by atoms with van der Waals surface area (Å²) < 4.78 is 5.56. The Morgan fingerprint density at radius 3 is 2.87 bits per heavy atom. The SMILES string of the molecule is CCOC(C)C(NC)c1cnccc1N. The molecule has 1 rings (SSSR count). The summed E-state index contributed by atoms with van der Waals surface area (Å²) >= 11 is 0. The Labute approximate surface area is 90.8 Å². The molecule has 0 spiro atoms. The molecule has 0 amide bonds. The molecule has 4 heteroatoms. The van der Waals surface area contributed by atoms with Crippen LogP contribution >= 0.6 is 0 Å². The molecule has 0 radical (unpaired) electrons. The molecule has 84 valence electrons. The minimum Gasteiger partial charge on any atom is -0.398 e. The van der Waals surface area contributed by atoms with Crippen LogP contribution < -0.4 is 11.1 Å². The number of nitrogens with one attached hydrogen (secondary N) is 1. The first-order chi connectivity index (χ1) is 7.20. The van der Waals surface area contributed by atoms with Gasteiger partial charge in [-0.1, -0.05) is 0 Å². The third-order valence-electron chi connectivity index (χ3n) is 2.43. The molecule has 1 aromatic heterocycles. The van der Waals surface area contributed by atoms with Gasteiger partial charge in [0.15, 0.2) is 0 Å². The Hall–Kier alpha value is -1.13. The lowest BCUT2D eigenvalue weighted by Gasteiger charge is -2.24. The van der Waals surface area contributed by atoms with Gasteiger partial charge in [-0.15, -0.1) is 0 Å². The van der Waals surface area contributed by atoms with Crippen molar-refractivity contribution in [3.05, 3.63) is 24.0 Å². The van der Waals surface area contributed by atoms with E-state index in [1.54, 1.807) is 18.5 Å². The van der Waals surface area contributed by atoms with Crippen LogP contribution in [0.3, 0.4) is 0 Å². The predicted octanol–water partition coefficient (Wildman–Crippen LogP) is 1.35. The first-order valence-corrected chi connectivity index (χ1v) is 5.19. The van der Waals surface area contributed by atoms with Crippen LogP contribution in [-0.2, 0) is 4.74 Å². The molecule has 2 atom stereocenters. The normalized spacial score (nSPS) is 14.9. The van der Waals surface area contributed by atoms with Crippen molar-refractivity contribution in [3.8, 4) is 0 Å². The first kappa shape index (κ1) is 11.9. The Morgan fingerprint density at radius 1 is 1.60 bits per heavy atom. The summed E-state index contributed by atoms with van der Waals surface area (Å²) in [6.45, 7) is 4.70. The van der Waals surface area contributed by atoms with Gasteiger partial charge < -0.3 is 15.8 Å². The maximum absolute atomic E-state index is 5.90. The summed E-state index contributed by atoms with van der Waals surface area (Å²) in [5.74, 6) is 0. The van der Waals surface area contributed by atoms with Gasteiger partial charge in [0.2, 0.25) is 0 Å². The van der Waals surface area contributed by atoms with E-state index in [0.717, 1.165) is 11.3 Å². The van der Waals surface area contributed by atoms with Crippen molar-refractivity contribution in [1.82, 2.24) is 10.3 Å². The van der Waals surface area contributed by atoms with E-state index in [1.165, 1.54) is 0 Å². The Kier molecular flexibility index (Phi) is 4.52. The van der Waals surface area contributed by atoms with Crippen molar-refractivity contribution in [3.63, 3.8) is 0 Å². The van der Waals surface area contributed by atoms with E-state index < -0.39 is 0 Å². The highest BCUT2D eigenvalue weighted by Gasteiger charge is 2.19. The fraction of sp³-hybridized carbons (Fsp3) is 0.545. The maximum Gasteiger partial charge on any atom is 0.0742 e. The summed E-state index contributed by atoms with van der Waals surface area (Å²) in [7, 11) is 1.90. The van der Waals surface area contributed by atoms with Gasteiger partial charge in [-0.25, -0.2) is 0 Å². The number of aromatic nitrogens is 1. The van der Waals surface area contributed by atoms with E-state index in [9.17, 15) is 0 Å². The second-order valence-corrected chi connectivity index (χ2v) is 3.43. The molecular weight excluding hydrogens is 190 g/mol. The zero-order valence-corrected chi connectivity index (χ0v) is 9.53. The minimum absolute atomic E-state index is 0.0755. The van der Waals surface area contributed by atoms with Gasteiger partial charge in [0.05, 0.1) is 12.1 Å². The zero-order valence-electron chi connectivity index (χ0n) is 9.53. The topological polar surface area (TPSA) is 60.2 Å². The van der Waals surface area contributed by atoms with E-state index in [1.807, 2.05) is 20.9 Å². The van der Waals surface area contributed by atoms with Crippen LogP contribution in [0.15, 0.2) is 18.5 Å². The Bertz CT molecular complexity index is 304. The van der Waals surface area contributed by atoms with Crippen molar-refractivity contribution < 1.29 is 4.74 Å². The third-order valence-corrected chi connectivity index (χ3v) is 2.43. The van der Waals surface area contributed by atoms with Crippen molar-refractivity contribution in [2.45, 2.75) is 26.0 Å². The summed E-state index contributed by atoms with van der Waals surface area (Å²) in [6, 6.07) is 1.89. The molecule has 0 bridgehead atoms. The van der Waals surface area contributed by atoms with Gasteiger partial charge >= 0.3 is 0 Å². The number of nitrogens with two attached hydrogens (primary N) is 1. The van der Waals surface area contributed by atoms with Gasteiger partial charge in [-0.3, -0.25) is 4.98 Å². The van der Waals surface area contributed by atoms with Gasteiger partial charge in [0.1, 0.15) is 0 Å². The van der Waals surface area contributed by atoms with Crippen LogP contribution in [0.25, 0.3) is 0 Å². The van der Waals surface area contributed by atoms with Crippen molar-refractivity contribution in [2.75, 3.05) is 19.4 Å². The van der Waals surface area contributed by atoms with Gasteiger partial charge in [0.25, 0.3) is 0 Å². The molecule has 0 aliphatic heterocycles. The molecule has 3 N–H and O–H groups in total. The van der Waals surface area contributed by atoms with Crippen LogP contribution in [0.1, 0.15) is 25.5 Å². The van der Waals surface area contributed by atoms with E-state index in [4.69, 9.17) is 10.5 Å². The van der Waals surface area contributed by atoms with Crippen LogP contribution in [-0.4, -0.2) is 24.7 Å². The molecule has 0 fully saturated rings. The number of ether oxygens (including phenoxy) is 1. The van der Waals surface area contributed by atoms with E-state index >= 15 is 0 Å². The van der Waals surface area contributed by atoms with Crippen molar-refractivity contribution >= 4 is 5.69 Å². The number of nitrogen functional groups attached to an aromatic ring is 1. The monoisotopic (exact) mass is 209 g/mol. The molecule has 0 saturated carbocycles. The summed E-state index contributed by atoms with van der Waals surface area (Å²) in [5.41, 5.74) is 7.63. The van der Waals surface area contributed by atoms with Gasteiger partial charge in [-0.2, -0.15) is 0 Å². The highest BCUT2D eigenvalue weighted by atomic mass is 16.5. The fourth-order valence-electron chi connectivity index (χ4n) is 1.68. The lowest BCUT2D eigenvalue weighted by atomic mass is 10.0. The summed E-state index contributed by atoms with van der Waals surface area (Å²) in [4.78, 5) is 4.08. The summed E-state index contributed by atoms with van der Waals surface area (Å²) in [5, 5.41) is 3.20. The third kappa shape index (κ3) is 2.91. The van der Waals surface area contributed by atoms with Crippen LogP contribution in [0, 0.1) is 0 Å². The number of rotatable bonds is 5. The van der Waals surface area contributed by atoms with Gasteiger partial charge in [0, 0.05) is 30.3 Å². The number of likely N-dealkylation sites (N-methyl/N-ethyl adjacent to an activating group) is 1. The number of hydrogen-bond donors (Lipinski definition) is 2. The molecule has 1 aromatic rings. The van der Waals surface area contributed by atoms with Crippen LogP contribution in [0.4, 0.5) is 5.69 Å². The smallest absolute Gasteiger partial charge is 0.0742 e. The largest absolute Gasteiger partial charge is 0.398 e. The standard InChI is InChI=1S/C11H19N3O/c1-4-15-8(2)11(13-3)9-7-14-6-5-10(9)12/h5-8,11,13H,4H2,1-3H3,(H2,12,14). The highest BCUT2D eigenvalue weighted by molar-refractivity contribution is 5.46. The number of nitrogens with zero attached hydrogens (tertiary/aromatic N) is 1. The lowest BCUT2D eigenvalue weighted by molar-refractivity contribution is 0.0494. The minimum atomic E-state index is 0.0755. The molecule has 0 saturated heterocycles. The second kappa shape index (κ2) is 5.68. The predicted molar refractivity (Wildman–Crippen MR) is 61.5 cm³/mol. The molecule has 15 heavy (non-hydrogen) atoms. The van der Waals surface area contributed by atoms with E-state index in [2.05, 4.69) is 10.3 Å².